The summed E-state index contributed by atoms with van der Waals surface area (Å²) in [7, 11) is 0.561. The van der Waals surface area contributed by atoms with Crippen molar-refractivity contribution in [1.82, 2.24) is 10.2 Å². The van der Waals surface area contributed by atoms with Gasteiger partial charge in [0.15, 0.2) is 11.5 Å². The van der Waals surface area contributed by atoms with E-state index in [0.717, 1.165) is 21.7 Å². The van der Waals surface area contributed by atoms with Crippen LogP contribution in [0.2, 0.25) is 0 Å². The first-order valence-electron chi connectivity index (χ1n) is 10.3. The van der Waals surface area contributed by atoms with Gasteiger partial charge >= 0.3 is 0 Å². The Labute approximate surface area is 195 Å². The number of benzene rings is 2. The fourth-order valence-corrected chi connectivity index (χ4v) is 4.12. The van der Waals surface area contributed by atoms with Gasteiger partial charge in [-0.25, -0.2) is 8.42 Å². The molecule has 2 amide bonds. The molecule has 0 aliphatic heterocycles. The van der Waals surface area contributed by atoms with Crippen LogP contribution >= 0.6 is 0 Å². The Hall–Kier alpha value is -3.27. The monoisotopic (exact) mass is 477 g/mol. The molecular formula is C23H31N3O6S. The summed E-state index contributed by atoms with van der Waals surface area (Å²) in [6, 6.07) is 11.3. The van der Waals surface area contributed by atoms with Crippen LogP contribution in [0.25, 0.3) is 0 Å². The van der Waals surface area contributed by atoms with Crippen LogP contribution in [0, 0.1) is 6.92 Å². The van der Waals surface area contributed by atoms with Crippen LogP contribution < -0.4 is 19.1 Å². The van der Waals surface area contributed by atoms with E-state index in [1.807, 2.05) is 31.2 Å². The van der Waals surface area contributed by atoms with Crippen LogP contribution in [0.4, 0.5) is 5.69 Å². The van der Waals surface area contributed by atoms with E-state index in [9.17, 15) is 18.0 Å². The highest BCUT2D eigenvalue weighted by molar-refractivity contribution is 7.92. The minimum Gasteiger partial charge on any atom is -0.493 e. The van der Waals surface area contributed by atoms with Gasteiger partial charge in [0.25, 0.3) is 0 Å². The molecule has 0 unspecified atom stereocenters. The summed E-state index contributed by atoms with van der Waals surface area (Å²) in [4.78, 5) is 27.1. The Morgan fingerprint density at radius 2 is 1.64 bits per heavy atom. The Morgan fingerprint density at radius 3 is 2.15 bits per heavy atom. The minimum absolute atomic E-state index is 0.150. The van der Waals surface area contributed by atoms with E-state index < -0.39 is 28.5 Å². The standard InChI is InChI=1S/C23H31N3O6S/c1-16-7-9-18(10-8-16)14-25(17(2)23(28)24-3)22(27)15-26(33(6,29)30)19-11-12-20(31-4)21(13-19)32-5/h7-13,17H,14-15H2,1-6H3,(H,24,28)/t17-/m0/s1. The highest BCUT2D eigenvalue weighted by Gasteiger charge is 2.30. The van der Waals surface area contributed by atoms with Gasteiger partial charge in [-0.1, -0.05) is 29.8 Å². The molecule has 1 N–H and O–H groups in total. The van der Waals surface area contributed by atoms with Gasteiger partial charge < -0.3 is 19.7 Å². The topological polar surface area (TPSA) is 105 Å². The third-order valence-corrected chi connectivity index (χ3v) is 6.36. The summed E-state index contributed by atoms with van der Waals surface area (Å²) in [5.41, 5.74) is 2.13. The Kier molecular flexibility index (Phi) is 8.69. The fraction of sp³-hybridized carbons (Fsp3) is 0.391. The predicted molar refractivity (Wildman–Crippen MR) is 127 cm³/mol. The maximum absolute atomic E-state index is 13.4. The second-order valence-corrected chi connectivity index (χ2v) is 9.51. The summed E-state index contributed by atoms with van der Waals surface area (Å²) < 4.78 is 36.7. The van der Waals surface area contributed by atoms with Crippen molar-refractivity contribution in [2.45, 2.75) is 26.4 Å². The van der Waals surface area contributed by atoms with Crippen LogP contribution in [0.5, 0.6) is 11.5 Å². The predicted octanol–water partition coefficient (Wildman–Crippen LogP) is 1.94. The first-order valence-corrected chi connectivity index (χ1v) is 12.1. The van der Waals surface area contributed by atoms with Gasteiger partial charge in [0.2, 0.25) is 21.8 Å². The lowest BCUT2D eigenvalue weighted by Crippen LogP contribution is -2.50. The van der Waals surface area contributed by atoms with Crippen LogP contribution in [-0.4, -0.2) is 65.2 Å². The van der Waals surface area contributed by atoms with Crippen LogP contribution in [0.15, 0.2) is 42.5 Å². The van der Waals surface area contributed by atoms with Gasteiger partial charge in [0, 0.05) is 19.7 Å². The summed E-state index contributed by atoms with van der Waals surface area (Å²) >= 11 is 0. The average molecular weight is 478 g/mol. The number of anilines is 1. The summed E-state index contributed by atoms with van der Waals surface area (Å²) in [6.45, 7) is 3.22. The largest absolute Gasteiger partial charge is 0.493 e. The summed E-state index contributed by atoms with van der Waals surface area (Å²) in [5.74, 6) is -0.124. The summed E-state index contributed by atoms with van der Waals surface area (Å²) in [5, 5.41) is 2.54. The molecule has 0 spiro atoms. The molecule has 2 aromatic rings. The number of ether oxygens (including phenoxy) is 2. The Balaban J connectivity index is 2.42. The number of likely N-dealkylation sites (N-methyl/N-ethyl adjacent to an activating group) is 1. The van der Waals surface area contributed by atoms with E-state index in [-0.39, 0.29) is 18.1 Å². The molecule has 0 saturated carbocycles. The molecule has 0 saturated heterocycles. The normalized spacial score (nSPS) is 11.9. The number of nitrogens with one attached hydrogen (secondary N) is 1. The second-order valence-electron chi connectivity index (χ2n) is 7.61. The van der Waals surface area contributed by atoms with E-state index in [4.69, 9.17) is 9.47 Å². The maximum atomic E-state index is 13.4. The third kappa shape index (κ3) is 6.61. The van der Waals surface area contributed by atoms with Gasteiger partial charge in [-0.15, -0.1) is 0 Å². The number of methoxy groups -OCH3 is 2. The lowest BCUT2D eigenvalue weighted by atomic mass is 10.1. The molecule has 0 heterocycles. The van der Waals surface area contributed by atoms with E-state index in [2.05, 4.69) is 5.32 Å². The molecule has 180 valence electrons. The number of carbonyl (C=O) groups excluding carboxylic acids is 2. The number of aryl methyl sites for hydroxylation is 1. The van der Waals surface area contributed by atoms with Crippen molar-refractivity contribution in [2.75, 3.05) is 38.4 Å². The molecule has 0 bridgehead atoms. The van der Waals surface area contributed by atoms with Gasteiger partial charge in [-0.2, -0.15) is 0 Å². The van der Waals surface area contributed by atoms with Gasteiger partial charge in [-0.3, -0.25) is 13.9 Å². The maximum Gasteiger partial charge on any atom is 0.244 e. The van der Waals surface area contributed by atoms with E-state index in [0.29, 0.717) is 11.5 Å². The minimum atomic E-state index is -3.83. The Morgan fingerprint density at radius 1 is 1.03 bits per heavy atom. The molecule has 10 heteroatoms. The smallest absolute Gasteiger partial charge is 0.244 e. The lowest BCUT2D eigenvalue weighted by Gasteiger charge is -2.31. The molecule has 9 nitrogen and oxygen atoms in total. The van der Waals surface area contributed by atoms with Crippen molar-refractivity contribution in [3.8, 4) is 11.5 Å². The van der Waals surface area contributed by atoms with Gasteiger partial charge in [-0.05, 0) is 31.5 Å². The van der Waals surface area contributed by atoms with Crippen molar-refractivity contribution in [3.05, 3.63) is 53.6 Å². The molecule has 0 aromatic heterocycles. The zero-order chi connectivity index (χ0) is 24.8. The van der Waals surface area contributed by atoms with Crippen molar-refractivity contribution >= 4 is 27.5 Å². The van der Waals surface area contributed by atoms with Crippen molar-refractivity contribution < 1.29 is 27.5 Å². The lowest BCUT2D eigenvalue weighted by molar-refractivity contribution is -0.139. The van der Waals surface area contributed by atoms with Crippen LogP contribution in [0.3, 0.4) is 0 Å². The molecule has 2 rings (SSSR count). The molecule has 0 aliphatic rings. The van der Waals surface area contributed by atoms with Gasteiger partial charge in [0.05, 0.1) is 26.2 Å². The molecule has 2 aromatic carbocycles. The van der Waals surface area contributed by atoms with Gasteiger partial charge in [0.1, 0.15) is 12.6 Å². The SMILES string of the molecule is CNC(=O)[C@H](C)N(Cc1ccc(C)cc1)C(=O)CN(c1ccc(OC)c(OC)c1)S(C)(=O)=O. The van der Waals surface area contributed by atoms with Crippen LogP contribution in [-0.2, 0) is 26.2 Å². The molecule has 1 atom stereocenters. The number of hydrogen-bond acceptors (Lipinski definition) is 6. The number of rotatable bonds is 10. The van der Waals surface area contributed by atoms with E-state index in [1.54, 1.807) is 13.0 Å². The first-order chi connectivity index (χ1) is 15.5. The number of hydrogen-bond donors (Lipinski definition) is 1. The van der Waals surface area contributed by atoms with E-state index >= 15 is 0 Å². The highest BCUT2D eigenvalue weighted by Crippen LogP contribution is 2.32. The number of carbonyl (C=O) groups is 2. The number of amides is 2. The van der Waals surface area contributed by atoms with Crippen LogP contribution in [0.1, 0.15) is 18.1 Å². The zero-order valence-electron chi connectivity index (χ0n) is 19.8. The fourth-order valence-electron chi connectivity index (χ4n) is 3.28. The molecule has 0 fully saturated rings. The third-order valence-electron chi connectivity index (χ3n) is 5.22. The first kappa shape index (κ1) is 26.0. The summed E-state index contributed by atoms with van der Waals surface area (Å²) in [6.07, 6.45) is 1.02. The molecule has 33 heavy (non-hydrogen) atoms. The molecule has 0 radical (unpaired) electrons. The zero-order valence-corrected chi connectivity index (χ0v) is 20.6. The highest BCUT2D eigenvalue weighted by atomic mass is 32.2. The number of sulfonamides is 1. The molecule has 0 aliphatic carbocycles. The Bertz CT molecular complexity index is 1090. The molecular weight excluding hydrogens is 446 g/mol. The average Bonchev–Trinajstić information content (AvgIpc) is 2.79. The second kappa shape index (κ2) is 11.0. The van der Waals surface area contributed by atoms with Crippen molar-refractivity contribution in [3.63, 3.8) is 0 Å². The van der Waals surface area contributed by atoms with Crippen molar-refractivity contribution in [1.29, 1.82) is 0 Å². The van der Waals surface area contributed by atoms with E-state index in [1.165, 1.54) is 38.3 Å². The quantitative estimate of drug-likeness (QED) is 0.561. The van der Waals surface area contributed by atoms with Crippen molar-refractivity contribution in [2.24, 2.45) is 0 Å². The number of nitrogens with zero attached hydrogens (tertiary/aromatic N) is 2.